The number of hydrogen-bond acceptors (Lipinski definition) is 2. The molecule has 10 heavy (non-hydrogen) atoms. The van der Waals surface area contributed by atoms with Crippen molar-refractivity contribution >= 4 is 5.97 Å². The second-order valence-corrected chi connectivity index (χ2v) is 2.16. The van der Waals surface area contributed by atoms with Crippen LogP contribution in [0.2, 0.25) is 0 Å². The first-order valence-corrected chi connectivity index (χ1v) is 3.48. The Hall–Kier alpha value is -0.600. The maximum atomic E-state index is 12.4. The fraction of sp³-hybridized carbons (Fsp3) is 0.857. The minimum absolute atomic E-state index is 0.316. The quantitative estimate of drug-likeness (QED) is 0.570. The van der Waals surface area contributed by atoms with Crippen molar-refractivity contribution in [1.82, 2.24) is 0 Å². The van der Waals surface area contributed by atoms with Crippen LogP contribution in [-0.4, -0.2) is 12.3 Å². The molecule has 0 saturated carbocycles. The van der Waals surface area contributed by atoms with Crippen molar-refractivity contribution in [3.8, 4) is 0 Å². The third kappa shape index (κ3) is 5.54. The van der Waals surface area contributed by atoms with Gasteiger partial charge in [0.25, 0.3) is 0 Å². The monoisotopic (exact) mass is 148 g/mol. The predicted octanol–water partition coefficient (Wildman–Crippen LogP) is 2.04. The molecule has 0 heterocycles. The van der Waals surface area contributed by atoms with E-state index in [-0.39, 0.29) is 0 Å². The lowest BCUT2D eigenvalue weighted by Gasteiger charge is -2.05. The van der Waals surface area contributed by atoms with Gasteiger partial charge in [-0.2, -0.15) is 0 Å². The minimum atomic E-state index is -1.41. The van der Waals surface area contributed by atoms with E-state index >= 15 is 0 Å². The molecule has 0 aliphatic heterocycles. The van der Waals surface area contributed by atoms with Crippen LogP contribution >= 0.6 is 0 Å². The lowest BCUT2D eigenvalue weighted by Crippen LogP contribution is -2.09. The smallest absolute Gasteiger partial charge is 0.305 e. The van der Waals surface area contributed by atoms with Gasteiger partial charge in [0, 0.05) is 13.3 Å². The molecule has 0 bridgehead atoms. The molecule has 0 rings (SSSR count). The second kappa shape index (κ2) is 5.21. The van der Waals surface area contributed by atoms with E-state index in [0.717, 1.165) is 12.8 Å². The summed E-state index contributed by atoms with van der Waals surface area (Å²) in [5.74, 6) is -0.552. The first kappa shape index (κ1) is 9.40. The Morgan fingerprint density at radius 1 is 1.70 bits per heavy atom. The normalized spacial score (nSPS) is 12.7. The zero-order chi connectivity index (χ0) is 7.98. The van der Waals surface area contributed by atoms with Gasteiger partial charge in [-0.15, -0.1) is 0 Å². The van der Waals surface area contributed by atoms with Crippen LogP contribution in [-0.2, 0) is 9.53 Å². The molecule has 2 nitrogen and oxygen atoms in total. The minimum Gasteiger partial charge on any atom is -0.431 e. The van der Waals surface area contributed by atoms with E-state index in [9.17, 15) is 9.18 Å². The summed E-state index contributed by atoms with van der Waals surface area (Å²) in [6.45, 7) is 3.17. The standard InChI is InChI=1S/C7H13FO2/c1-3-4-5-7(8)10-6(2)9/h7H,3-5H2,1-2H3. The molecule has 60 valence electrons. The van der Waals surface area contributed by atoms with E-state index in [1.54, 1.807) is 0 Å². The summed E-state index contributed by atoms with van der Waals surface area (Å²) >= 11 is 0. The fourth-order valence-corrected chi connectivity index (χ4v) is 0.604. The van der Waals surface area contributed by atoms with Gasteiger partial charge in [-0.05, 0) is 6.42 Å². The van der Waals surface area contributed by atoms with Crippen LogP contribution < -0.4 is 0 Å². The predicted molar refractivity (Wildman–Crippen MR) is 36.2 cm³/mol. The van der Waals surface area contributed by atoms with Gasteiger partial charge in [-0.1, -0.05) is 13.3 Å². The Morgan fingerprint density at radius 3 is 2.70 bits per heavy atom. The van der Waals surface area contributed by atoms with Gasteiger partial charge in [0.05, 0.1) is 0 Å². The third-order valence-corrected chi connectivity index (χ3v) is 1.08. The molecule has 0 radical (unpaired) electrons. The van der Waals surface area contributed by atoms with Gasteiger partial charge in [-0.3, -0.25) is 4.79 Å². The maximum Gasteiger partial charge on any atom is 0.305 e. The molecule has 3 heteroatoms. The van der Waals surface area contributed by atoms with Crippen molar-refractivity contribution in [3.05, 3.63) is 0 Å². The molecule has 0 aromatic rings. The summed E-state index contributed by atoms with van der Waals surface area (Å²) < 4.78 is 16.6. The molecule has 0 spiro atoms. The van der Waals surface area contributed by atoms with Crippen LogP contribution in [0.3, 0.4) is 0 Å². The van der Waals surface area contributed by atoms with E-state index in [0.29, 0.717) is 6.42 Å². The highest BCUT2D eigenvalue weighted by Crippen LogP contribution is 2.05. The van der Waals surface area contributed by atoms with Crippen molar-refractivity contribution in [2.75, 3.05) is 0 Å². The number of rotatable bonds is 4. The van der Waals surface area contributed by atoms with Gasteiger partial charge < -0.3 is 4.74 Å². The van der Waals surface area contributed by atoms with Crippen molar-refractivity contribution in [2.45, 2.75) is 39.5 Å². The van der Waals surface area contributed by atoms with Crippen LogP contribution in [0, 0.1) is 0 Å². The molecule has 1 unspecified atom stereocenters. The molecule has 0 amide bonds. The van der Waals surface area contributed by atoms with Gasteiger partial charge in [-0.25, -0.2) is 4.39 Å². The van der Waals surface area contributed by atoms with Crippen LogP contribution in [0.1, 0.15) is 33.1 Å². The molecule has 1 atom stereocenters. The molecule has 0 aliphatic rings. The lowest BCUT2D eigenvalue weighted by atomic mass is 10.2. The molecule has 0 aliphatic carbocycles. The number of hydrogen-bond donors (Lipinski definition) is 0. The van der Waals surface area contributed by atoms with Crippen molar-refractivity contribution in [3.63, 3.8) is 0 Å². The zero-order valence-electron chi connectivity index (χ0n) is 6.39. The zero-order valence-corrected chi connectivity index (χ0v) is 6.39. The van der Waals surface area contributed by atoms with Crippen molar-refractivity contribution in [2.24, 2.45) is 0 Å². The van der Waals surface area contributed by atoms with Gasteiger partial charge in [0.2, 0.25) is 6.36 Å². The average Bonchev–Trinajstić information content (AvgIpc) is 1.82. The molecule has 0 fully saturated rings. The number of unbranched alkanes of at least 4 members (excludes halogenated alkanes) is 1. The molecule has 0 saturated heterocycles. The molecule has 0 aromatic carbocycles. The average molecular weight is 148 g/mol. The largest absolute Gasteiger partial charge is 0.431 e. The Labute approximate surface area is 60.4 Å². The van der Waals surface area contributed by atoms with Crippen LogP contribution in [0.15, 0.2) is 0 Å². The Balaban J connectivity index is 3.25. The Bertz CT molecular complexity index is 104. The topological polar surface area (TPSA) is 26.3 Å². The van der Waals surface area contributed by atoms with Crippen LogP contribution in [0.4, 0.5) is 4.39 Å². The Morgan fingerprint density at radius 2 is 2.30 bits per heavy atom. The van der Waals surface area contributed by atoms with Crippen molar-refractivity contribution < 1.29 is 13.9 Å². The van der Waals surface area contributed by atoms with E-state index in [2.05, 4.69) is 4.74 Å². The third-order valence-electron chi connectivity index (χ3n) is 1.08. The van der Waals surface area contributed by atoms with E-state index < -0.39 is 12.3 Å². The first-order valence-electron chi connectivity index (χ1n) is 3.48. The highest BCUT2D eigenvalue weighted by atomic mass is 19.1. The second-order valence-electron chi connectivity index (χ2n) is 2.16. The van der Waals surface area contributed by atoms with Gasteiger partial charge >= 0.3 is 5.97 Å². The summed E-state index contributed by atoms with van der Waals surface area (Å²) in [6.07, 6.45) is 0.587. The van der Waals surface area contributed by atoms with Crippen molar-refractivity contribution in [1.29, 1.82) is 0 Å². The number of carbonyl (C=O) groups excluding carboxylic acids is 1. The highest BCUT2D eigenvalue weighted by Gasteiger charge is 2.06. The number of ether oxygens (including phenoxy) is 1. The molecule has 0 N–H and O–H groups in total. The summed E-state index contributed by atoms with van der Waals surface area (Å²) in [5.41, 5.74) is 0. The summed E-state index contributed by atoms with van der Waals surface area (Å²) in [6, 6.07) is 0. The number of halogens is 1. The molecular formula is C7H13FO2. The van der Waals surface area contributed by atoms with E-state index in [1.807, 2.05) is 6.92 Å². The van der Waals surface area contributed by atoms with Gasteiger partial charge in [0.15, 0.2) is 0 Å². The highest BCUT2D eigenvalue weighted by molar-refractivity contribution is 5.65. The SMILES string of the molecule is CCCCC(F)OC(C)=O. The van der Waals surface area contributed by atoms with Gasteiger partial charge in [0.1, 0.15) is 0 Å². The molecule has 0 aromatic heterocycles. The molecular weight excluding hydrogens is 135 g/mol. The van der Waals surface area contributed by atoms with E-state index in [4.69, 9.17) is 0 Å². The Kier molecular flexibility index (Phi) is 4.89. The van der Waals surface area contributed by atoms with Crippen LogP contribution in [0.5, 0.6) is 0 Å². The first-order chi connectivity index (χ1) is 4.66. The summed E-state index contributed by atoms with van der Waals surface area (Å²) in [5, 5.41) is 0. The maximum absolute atomic E-state index is 12.4. The number of esters is 1. The van der Waals surface area contributed by atoms with E-state index in [1.165, 1.54) is 6.92 Å². The van der Waals surface area contributed by atoms with Crippen LogP contribution in [0.25, 0.3) is 0 Å². The fourth-order valence-electron chi connectivity index (χ4n) is 0.604. The number of carbonyl (C=O) groups is 1. The lowest BCUT2D eigenvalue weighted by molar-refractivity contribution is -0.155. The summed E-state index contributed by atoms with van der Waals surface area (Å²) in [4.78, 5) is 10.2. The number of alkyl halides is 1. The summed E-state index contributed by atoms with van der Waals surface area (Å²) in [7, 11) is 0.